The number of methoxy groups -OCH3 is 4. The summed E-state index contributed by atoms with van der Waals surface area (Å²) in [7, 11) is 6.55. The van der Waals surface area contributed by atoms with Crippen LogP contribution in [0.15, 0.2) is 61.7 Å². The molecule has 0 radical (unpaired) electrons. The first-order chi connectivity index (χ1) is 31.3. The Kier molecular flexibility index (Phi) is 12.5. The van der Waals surface area contributed by atoms with E-state index in [0.29, 0.717) is 69.3 Å². The predicted molar refractivity (Wildman–Crippen MR) is 244 cm³/mol. The van der Waals surface area contributed by atoms with E-state index in [4.69, 9.17) is 18.9 Å². The van der Waals surface area contributed by atoms with Gasteiger partial charge in [-0.05, 0) is 73.9 Å². The van der Waals surface area contributed by atoms with Gasteiger partial charge in [0, 0.05) is 55.4 Å². The van der Waals surface area contributed by atoms with E-state index < -0.39 is 5.97 Å². The van der Waals surface area contributed by atoms with Crippen LogP contribution >= 0.6 is 22.7 Å². The van der Waals surface area contributed by atoms with E-state index >= 15 is 0 Å². The molecule has 0 saturated carbocycles. The van der Waals surface area contributed by atoms with Crippen molar-refractivity contribution < 1.29 is 33.6 Å². The maximum atomic E-state index is 13.4. The van der Waals surface area contributed by atoms with Gasteiger partial charge >= 0.3 is 5.97 Å². The smallest absolute Gasteiger partial charge is 0.306 e. The minimum absolute atomic E-state index is 0.0620. The van der Waals surface area contributed by atoms with E-state index in [0.717, 1.165) is 71.9 Å². The van der Waals surface area contributed by atoms with Crippen LogP contribution in [0, 0.1) is 11.8 Å². The molecule has 8 aromatic rings. The van der Waals surface area contributed by atoms with Crippen LogP contribution in [0.25, 0.3) is 31.5 Å². The number of hydrogen-bond donors (Lipinski definition) is 3. The van der Waals surface area contributed by atoms with E-state index in [1.165, 1.54) is 16.8 Å². The summed E-state index contributed by atoms with van der Waals surface area (Å²) >= 11 is 3.21. The minimum Gasteiger partial charge on any atom is -0.493 e. The first-order valence-electron chi connectivity index (χ1n) is 20.8. The molecule has 2 aliphatic carbocycles. The van der Waals surface area contributed by atoms with Gasteiger partial charge in [0.15, 0.2) is 11.5 Å². The summed E-state index contributed by atoms with van der Waals surface area (Å²) in [6.45, 7) is 2.15. The predicted octanol–water partition coefficient (Wildman–Crippen LogP) is 6.60. The van der Waals surface area contributed by atoms with Crippen LogP contribution in [0.5, 0.6) is 11.5 Å². The number of amides is 1. The Labute approximate surface area is 375 Å². The molecule has 10 rings (SSSR count). The molecule has 2 atom stereocenters. The standard InChI is InChI=1S/C25H30N6O4S.C19H17N5O3S/c1-33-10-8-30(9-11-34-2)25(32)16-4-5-18-21(12-16)36-24-22(18)23(26-15-27-24)29-19-13-17-6-7-28-31(17)14-20(19)35-3;1-27-14-8-24-11(4-5-22-24)7-13(14)23-17-16-12-3-2-10(19(25)26)6-15(12)28-18(16)21-9-20-17/h6-7,13-16H,4-5,8-12H2,1-3H3,(H,26,27,29);4-5,7-10H,2-3,6H2,1H3,(H,25,26)(H,20,21,23)/t16-;10-/m00/s1. The summed E-state index contributed by atoms with van der Waals surface area (Å²) < 4.78 is 25.1. The molecule has 0 saturated heterocycles. The molecular formula is C44H47N11O7S2. The second kappa shape index (κ2) is 18.7. The summed E-state index contributed by atoms with van der Waals surface area (Å²) in [6, 6.07) is 7.80. The van der Waals surface area contributed by atoms with Crippen LogP contribution in [0.4, 0.5) is 23.0 Å². The Morgan fingerprint density at radius 3 is 1.69 bits per heavy atom. The fourth-order valence-electron chi connectivity index (χ4n) is 8.49. The Bertz CT molecular complexity index is 2970. The van der Waals surface area contributed by atoms with E-state index in [2.05, 4.69) is 40.8 Å². The third-order valence-corrected chi connectivity index (χ3v) is 14.1. The van der Waals surface area contributed by atoms with Gasteiger partial charge < -0.3 is 39.6 Å². The van der Waals surface area contributed by atoms with Crippen LogP contribution in [0.2, 0.25) is 0 Å². The SMILES string of the molecule is COCCN(CCOC)C(=O)[C@H]1CCc2c(sc3ncnc(Nc4cc5ccnn5cc4OC)c23)C1.COc1cn2nccc2cc1Nc1ncnc2sc3c(c12)CC[C@H](C(=O)O)C3. The van der Waals surface area contributed by atoms with Crippen molar-refractivity contribution in [3.63, 3.8) is 0 Å². The van der Waals surface area contributed by atoms with Gasteiger partial charge in [-0.3, -0.25) is 9.59 Å². The van der Waals surface area contributed by atoms with Crippen molar-refractivity contribution in [3.05, 3.63) is 82.6 Å². The lowest BCUT2D eigenvalue weighted by Gasteiger charge is -2.29. The number of carbonyl (C=O) groups excluding carboxylic acids is 1. The Hall–Kier alpha value is -6.48. The lowest BCUT2D eigenvalue weighted by Crippen LogP contribution is -2.41. The highest BCUT2D eigenvalue weighted by molar-refractivity contribution is 7.19. The maximum Gasteiger partial charge on any atom is 0.306 e. The van der Waals surface area contributed by atoms with Crippen LogP contribution in [0.1, 0.15) is 33.7 Å². The quantitative estimate of drug-likeness (QED) is 0.105. The number of carboxylic acids is 1. The summed E-state index contributed by atoms with van der Waals surface area (Å²) in [5.41, 5.74) is 5.86. The first kappa shape index (κ1) is 42.8. The second-order valence-corrected chi connectivity index (χ2v) is 17.7. The van der Waals surface area contributed by atoms with E-state index in [-0.39, 0.29) is 17.7 Å². The molecule has 64 heavy (non-hydrogen) atoms. The number of carboxylic acid groups (broad SMARTS) is 1. The zero-order valence-corrected chi connectivity index (χ0v) is 37.4. The van der Waals surface area contributed by atoms with Crippen molar-refractivity contribution in [2.75, 3.05) is 65.4 Å². The van der Waals surface area contributed by atoms with Gasteiger partial charge in [-0.15, -0.1) is 22.7 Å². The van der Waals surface area contributed by atoms with Crippen LogP contribution < -0.4 is 20.1 Å². The molecule has 20 heteroatoms. The van der Waals surface area contributed by atoms with Crippen molar-refractivity contribution >= 4 is 89.0 Å². The number of nitrogens with zero attached hydrogens (tertiary/aromatic N) is 9. The fraction of sp³-hybridized carbons (Fsp3) is 0.364. The number of aryl methyl sites for hydroxylation is 2. The number of aromatic nitrogens is 8. The molecule has 8 aromatic heterocycles. The van der Waals surface area contributed by atoms with Gasteiger partial charge in [0.1, 0.15) is 34.0 Å². The van der Waals surface area contributed by atoms with Gasteiger partial charge in [-0.2, -0.15) is 10.2 Å². The Balaban J connectivity index is 0.000000167. The van der Waals surface area contributed by atoms with Crippen LogP contribution in [0.3, 0.4) is 0 Å². The number of pyridine rings is 2. The molecule has 1 amide bonds. The molecule has 8 heterocycles. The highest BCUT2D eigenvalue weighted by Crippen LogP contribution is 2.43. The fourth-order valence-corrected chi connectivity index (χ4v) is 11.0. The lowest BCUT2D eigenvalue weighted by atomic mass is 9.87. The Morgan fingerprint density at radius 2 is 1.22 bits per heavy atom. The van der Waals surface area contributed by atoms with Gasteiger partial charge in [0.25, 0.3) is 0 Å². The molecule has 18 nitrogen and oxygen atoms in total. The summed E-state index contributed by atoms with van der Waals surface area (Å²) in [5, 5.41) is 26.7. The number of ether oxygens (including phenoxy) is 4. The van der Waals surface area contributed by atoms with Gasteiger partial charge in [-0.1, -0.05) is 0 Å². The van der Waals surface area contributed by atoms with Crippen LogP contribution in [-0.2, 0) is 44.7 Å². The van der Waals surface area contributed by atoms with Crippen LogP contribution in [-0.4, -0.2) is 116 Å². The second-order valence-electron chi connectivity index (χ2n) is 15.5. The van der Waals surface area contributed by atoms with E-state index in [1.54, 1.807) is 78.9 Å². The average molecular weight is 906 g/mol. The molecule has 0 aliphatic heterocycles. The number of rotatable bonds is 14. The van der Waals surface area contributed by atoms with Crippen molar-refractivity contribution in [2.24, 2.45) is 11.8 Å². The molecule has 0 unspecified atom stereocenters. The molecule has 332 valence electrons. The molecule has 0 bridgehead atoms. The van der Waals surface area contributed by atoms with Crippen molar-refractivity contribution in [1.29, 1.82) is 0 Å². The first-order valence-corrected chi connectivity index (χ1v) is 22.5. The van der Waals surface area contributed by atoms with Gasteiger partial charge in [-0.25, -0.2) is 29.0 Å². The highest BCUT2D eigenvalue weighted by atomic mass is 32.1. The number of aliphatic carboxylic acids is 1. The normalized spacial score (nSPS) is 15.7. The summed E-state index contributed by atoms with van der Waals surface area (Å²) in [4.78, 5) is 48.7. The zero-order chi connectivity index (χ0) is 44.3. The molecule has 0 spiro atoms. The monoisotopic (exact) mass is 905 g/mol. The zero-order valence-electron chi connectivity index (χ0n) is 35.7. The number of thiophene rings is 2. The molecule has 0 aromatic carbocycles. The molecule has 2 aliphatic rings. The van der Waals surface area contributed by atoms with Crippen molar-refractivity contribution in [2.45, 2.75) is 38.5 Å². The molecular weight excluding hydrogens is 859 g/mol. The number of fused-ring (bicyclic) bond motifs is 8. The molecule has 0 fully saturated rings. The number of hydrogen-bond acceptors (Lipinski definition) is 16. The maximum absolute atomic E-state index is 13.4. The van der Waals surface area contributed by atoms with Gasteiger partial charge in [0.05, 0.1) is 78.9 Å². The summed E-state index contributed by atoms with van der Waals surface area (Å²) in [5.74, 6) is 1.81. The minimum atomic E-state index is -0.730. The van der Waals surface area contributed by atoms with E-state index in [1.807, 2.05) is 41.6 Å². The molecule has 3 N–H and O–H groups in total. The third kappa shape index (κ3) is 8.48. The average Bonchev–Trinajstić information content (AvgIpc) is 4.13. The topological polar surface area (TPSA) is 205 Å². The number of anilines is 4. The van der Waals surface area contributed by atoms with Crippen molar-refractivity contribution in [3.8, 4) is 11.5 Å². The number of carbonyl (C=O) groups is 2. The van der Waals surface area contributed by atoms with Crippen molar-refractivity contribution in [1.82, 2.24) is 44.1 Å². The Morgan fingerprint density at radius 1 is 0.734 bits per heavy atom. The largest absolute Gasteiger partial charge is 0.493 e. The lowest BCUT2D eigenvalue weighted by molar-refractivity contribution is -0.142. The summed E-state index contributed by atoms with van der Waals surface area (Å²) in [6.07, 6.45) is 14.4. The van der Waals surface area contributed by atoms with Gasteiger partial charge in [0.2, 0.25) is 5.91 Å². The number of nitrogens with one attached hydrogen (secondary N) is 2. The third-order valence-electron chi connectivity index (χ3n) is 11.8. The van der Waals surface area contributed by atoms with E-state index in [9.17, 15) is 14.7 Å². The highest BCUT2D eigenvalue weighted by Gasteiger charge is 2.32.